The number of hydrogen-bond acceptors (Lipinski definition) is 7. The summed E-state index contributed by atoms with van der Waals surface area (Å²) in [6.45, 7) is 22.9. The highest BCUT2D eigenvalue weighted by molar-refractivity contribution is 5.68. The van der Waals surface area contributed by atoms with Gasteiger partial charge in [0.25, 0.3) is 0 Å². The first-order valence-electron chi connectivity index (χ1n) is 18.2. The maximum absolute atomic E-state index is 13.1. The van der Waals surface area contributed by atoms with E-state index in [1.54, 1.807) is 4.90 Å². The minimum atomic E-state index is -1.03. The predicted octanol–water partition coefficient (Wildman–Crippen LogP) is 6.06. The topological polar surface area (TPSA) is 97.7 Å². The molecule has 6 rings (SSSR count). The number of hydrogen-bond donors (Lipinski definition) is 2. The van der Waals surface area contributed by atoms with Gasteiger partial charge in [-0.1, -0.05) is 41.5 Å². The summed E-state index contributed by atoms with van der Waals surface area (Å²) < 4.78 is 24.7. The third-order valence-electron chi connectivity index (χ3n) is 15.0. The van der Waals surface area contributed by atoms with Gasteiger partial charge in [0.2, 0.25) is 0 Å². The molecule has 2 saturated heterocycles. The van der Waals surface area contributed by atoms with E-state index < -0.39 is 17.8 Å². The highest BCUT2D eigenvalue weighted by Crippen LogP contribution is 2.76. The molecule has 13 atom stereocenters. The number of carbonyl (C=O) groups is 1. The van der Waals surface area contributed by atoms with E-state index in [1.165, 1.54) is 0 Å². The zero-order valence-corrected chi connectivity index (χ0v) is 29.6. The molecule has 6 aliphatic rings. The lowest BCUT2D eigenvalue weighted by atomic mass is 9.37. The number of morpholine rings is 1. The second kappa shape index (κ2) is 11.6. The van der Waals surface area contributed by atoms with Crippen LogP contribution in [0, 0.1) is 51.2 Å². The van der Waals surface area contributed by atoms with E-state index in [9.17, 15) is 15.0 Å². The molecule has 0 aromatic rings. The number of aliphatic hydroxyl groups is 2. The fraction of sp³-hybridized carbons (Fsp3) is 0.973. The van der Waals surface area contributed by atoms with Crippen molar-refractivity contribution >= 4 is 6.09 Å². The van der Waals surface area contributed by atoms with Crippen LogP contribution in [-0.4, -0.2) is 90.2 Å². The molecule has 45 heavy (non-hydrogen) atoms. The van der Waals surface area contributed by atoms with Gasteiger partial charge in [-0.25, -0.2) is 4.79 Å². The summed E-state index contributed by atoms with van der Waals surface area (Å²) in [6, 6.07) is 0. The molecule has 1 unspecified atom stereocenters. The molecular weight excluding hydrogens is 570 g/mol. The van der Waals surface area contributed by atoms with Crippen molar-refractivity contribution < 1.29 is 34.0 Å². The second-order valence-electron chi connectivity index (χ2n) is 17.8. The minimum Gasteiger partial charge on any atom is -0.446 e. The van der Waals surface area contributed by atoms with E-state index >= 15 is 0 Å². The van der Waals surface area contributed by atoms with Gasteiger partial charge < -0.3 is 34.1 Å². The van der Waals surface area contributed by atoms with Crippen LogP contribution in [0.3, 0.4) is 0 Å². The number of fused-ring (bicyclic) bond motifs is 7. The number of nitrogens with zero attached hydrogens (tertiary/aromatic N) is 1. The lowest BCUT2D eigenvalue weighted by Gasteiger charge is -2.68. The fourth-order valence-corrected chi connectivity index (χ4v) is 12.6. The van der Waals surface area contributed by atoms with Crippen molar-refractivity contribution in [1.82, 2.24) is 4.90 Å². The minimum absolute atomic E-state index is 0.0330. The summed E-state index contributed by atoms with van der Waals surface area (Å²) in [6.07, 6.45) is 5.45. The van der Waals surface area contributed by atoms with Gasteiger partial charge in [-0.15, -0.1) is 0 Å². The molecule has 0 spiro atoms. The largest absolute Gasteiger partial charge is 0.446 e. The molecule has 4 saturated carbocycles. The average molecular weight is 634 g/mol. The molecule has 1 amide bonds. The van der Waals surface area contributed by atoms with E-state index in [0.29, 0.717) is 56.6 Å². The highest BCUT2D eigenvalue weighted by Gasteiger charge is 2.75. The van der Waals surface area contributed by atoms with Crippen LogP contribution in [0.5, 0.6) is 0 Å². The normalized spacial score (nSPS) is 48.4. The molecule has 2 heterocycles. The van der Waals surface area contributed by atoms with E-state index in [1.807, 2.05) is 20.8 Å². The number of amides is 1. The smallest absolute Gasteiger partial charge is 0.410 e. The molecule has 2 N–H and O–H groups in total. The number of ether oxygens (including phenoxy) is 4. The van der Waals surface area contributed by atoms with Gasteiger partial charge in [0.05, 0.1) is 37.1 Å². The summed E-state index contributed by atoms with van der Waals surface area (Å²) in [7, 11) is 0. The third kappa shape index (κ3) is 5.04. The van der Waals surface area contributed by atoms with Crippen LogP contribution in [-0.2, 0) is 18.9 Å². The number of carbonyl (C=O) groups excluding carboxylic acids is 1. The molecule has 6 fully saturated rings. The Morgan fingerprint density at radius 1 is 1.02 bits per heavy atom. The van der Waals surface area contributed by atoms with Crippen LogP contribution < -0.4 is 0 Å². The Morgan fingerprint density at radius 2 is 1.69 bits per heavy atom. The summed E-state index contributed by atoms with van der Waals surface area (Å²) in [5, 5.41) is 23.5. The van der Waals surface area contributed by atoms with Crippen molar-refractivity contribution in [3.63, 3.8) is 0 Å². The Balaban J connectivity index is 1.25. The molecule has 0 radical (unpaired) electrons. The molecule has 2 aliphatic heterocycles. The van der Waals surface area contributed by atoms with Crippen molar-refractivity contribution in [1.29, 1.82) is 0 Å². The summed E-state index contributed by atoms with van der Waals surface area (Å²) >= 11 is 0. The van der Waals surface area contributed by atoms with E-state index in [4.69, 9.17) is 18.9 Å². The predicted molar refractivity (Wildman–Crippen MR) is 173 cm³/mol. The molecule has 8 nitrogen and oxygen atoms in total. The van der Waals surface area contributed by atoms with Gasteiger partial charge in [0, 0.05) is 30.5 Å². The SMILES string of the molecule is CCO[C@@H]([C@H]1C[C@@H](C)[C@H]2[C@H](O1)[C@H](O)[C@@]1(C)[C@@H]3CC[C@@H]4C(CC[C@H](OC(=O)N5CCOCC5)C4(C)C)[C@]3(C)CC[C@]21C)C(C)(C)O. The Bertz CT molecular complexity index is 1100. The van der Waals surface area contributed by atoms with Gasteiger partial charge in [-0.05, 0) is 106 Å². The first-order valence-corrected chi connectivity index (χ1v) is 18.2. The molecule has 258 valence electrons. The van der Waals surface area contributed by atoms with Gasteiger partial charge >= 0.3 is 6.09 Å². The molecule has 0 aromatic heterocycles. The van der Waals surface area contributed by atoms with Crippen molar-refractivity contribution in [2.45, 2.75) is 143 Å². The van der Waals surface area contributed by atoms with Crippen LogP contribution in [0.1, 0.15) is 107 Å². The van der Waals surface area contributed by atoms with E-state index in [0.717, 1.165) is 44.9 Å². The maximum atomic E-state index is 13.1. The zero-order chi connectivity index (χ0) is 32.7. The van der Waals surface area contributed by atoms with Gasteiger partial charge in [-0.2, -0.15) is 0 Å². The van der Waals surface area contributed by atoms with Crippen molar-refractivity contribution in [2.75, 3.05) is 32.9 Å². The molecule has 0 aromatic carbocycles. The number of aliphatic hydroxyl groups excluding tert-OH is 1. The monoisotopic (exact) mass is 633 g/mol. The second-order valence-corrected chi connectivity index (χ2v) is 17.8. The van der Waals surface area contributed by atoms with Gasteiger partial charge in [-0.3, -0.25) is 0 Å². The Kier molecular flexibility index (Phi) is 8.75. The molecule has 4 aliphatic carbocycles. The lowest BCUT2D eigenvalue weighted by molar-refractivity contribution is -0.221. The molecule has 8 heteroatoms. The molecular formula is C37H63NO7. The Morgan fingerprint density at radius 3 is 2.33 bits per heavy atom. The van der Waals surface area contributed by atoms with Crippen LogP contribution >= 0.6 is 0 Å². The quantitative estimate of drug-likeness (QED) is 0.380. The van der Waals surface area contributed by atoms with Crippen LogP contribution in [0.2, 0.25) is 0 Å². The van der Waals surface area contributed by atoms with Crippen molar-refractivity contribution in [2.24, 2.45) is 51.2 Å². The summed E-state index contributed by atoms with van der Waals surface area (Å²) in [4.78, 5) is 14.9. The van der Waals surface area contributed by atoms with Crippen LogP contribution in [0.15, 0.2) is 0 Å². The highest BCUT2D eigenvalue weighted by atomic mass is 16.6. The van der Waals surface area contributed by atoms with Gasteiger partial charge in [0.1, 0.15) is 12.2 Å². The van der Waals surface area contributed by atoms with E-state index in [-0.39, 0.29) is 52.0 Å². The van der Waals surface area contributed by atoms with Crippen LogP contribution in [0.25, 0.3) is 0 Å². The van der Waals surface area contributed by atoms with Crippen molar-refractivity contribution in [3.05, 3.63) is 0 Å². The maximum Gasteiger partial charge on any atom is 0.410 e. The Hall–Kier alpha value is -0.930. The third-order valence-corrected chi connectivity index (χ3v) is 15.0. The first-order chi connectivity index (χ1) is 21.0. The fourth-order valence-electron chi connectivity index (χ4n) is 12.6. The van der Waals surface area contributed by atoms with Crippen LogP contribution in [0.4, 0.5) is 4.79 Å². The summed E-state index contributed by atoms with van der Waals surface area (Å²) in [5.41, 5.74) is -1.35. The van der Waals surface area contributed by atoms with E-state index in [2.05, 4.69) is 41.5 Å². The van der Waals surface area contributed by atoms with Crippen molar-refractivity contribution in [3.8, 4) is 0 Å². The molecule has 0 bridgehead atoms. The van der Waals surface area contributed by atoms with Gasteiger partial charge in [0.15, 0.2) is 0 Å². The standard InChI is InChI=1S/C37H63NO7/c1-10-43-31(34(5,6)41)25-21-22(2)28-29(44-25)30(39)37(9)26-13-11-23-24(35(26,7)15-16-36(28,37)8)12-14-27(33(23,3)4)45-32(40)38-17-19-42-20-18-38/h22-31,39,41H,10-21H2,1-9H3/t22-,23-,24?,25-,26-,27+,28+,29+,30+,31+,35+,36-,37-/m1/s1. The Labute approximate surface area is 272 Å². The first kappa shape index (κ1) is 34.0. The lowest BCUT2D eigenvalue weighted by Crippen LogP contribution is -2.64. The number of rotatable bonds is 5. The zero-order valence-electron chi connectivity index (χ0n) is 29.6. The summed E-state index contributed by atoms with van der Waals surface area (Å²) in [5.74, 6) is 2.02. The average Bonchev–Trinajstić information content (AvgIpc) is 3.16.